The van der Waals surface area contributed by atoms with Gasteiger partial charge < -0.3 is 5.73 Å². The number of carbonyl (C=O) groups is 2. The maximum atomic E-state index is 12.0. The van der Waals surface area contributed by atoms with Crippen molar-refractivity contribution in [3.05, 3.63) is 29.6 Å². The lowest BCUT2D eigenvalue weighted by molar-refractivity contribution is 0.0572. The van der Waals surface area contributed by atoms with Crippen molar-refractivity contribution in [3.8, 4) is 0 Å². The van der Waals surface area contributed by atoms with Gasteiger partial charge in [0.05, 0.1) is 11.1 Å². The molecule has 2 heterocycles. The van der Waals surface area contributed by atoms with E-state index in [0.29, 0.717) is 17.7 Å². The predicted octanol–water partition coefficient (Wildman–Crippen LogP) is 0.559. The highest BCUT2D eigenvalue weighted by molar-refractivity contribution is 6.21. The van der Waals surface area contributed by atoms with Crippen LogP contribution < -0.4 is 5.73 Å². The van der Waals surface area contributed by atoms with Gasteiger partial charge in [0.2, 0.25) is 0 Å². The van der Waals surface area contributed by atoms with Gasteiger partial charge in [-0.2, -0.15) is 0 Å². The number of carbonyl (C=O) groups excluding carboxylic acids is 2. The summed E-state index contributed by atoms with van der Waals surface area (Å²) in [5, 5.41) is 0. The van der Waals surface area contributed by atoms with Crippen molar-refractivity contribution < 1.29 is 9.59 Å². The van der Waals surface area contributed by atoms with Gasteiger partial charge in [-0.15, -0.1) is 0 Å². The van der Waals surface area contributed by atoms with Crippen LogP contribution in [0.2, 0.25) is 0 Å². The molecular formula is C12H13N3O2. The zero-order valence-electron chi connectivity index (χ0n) is 9.35. The zero-order valence-corrected chi connectivity index (χ0v) is 9.35. The van der Waals surface area contributed by atoms with Gasteiger partial charge in [-0.3, -0.25) is 19.5 Å². The van der Waals surface area contributed by atoms with Gasteiger partial charge >= 0.3 is 0 Å². The molecule has 0 bridgehead atoms. The molecule has 17 heavy (non-hydrogen) atoms. The van der Waals surface area contributed by atoms with Gasteiger partial charge in [-0.05, 0) is 25.3 Å². The summed E-state index contributed by atoms with van der Waals surface area (Å²) in [6.07, 6.45) is 5.78. The van der Waals surface area contributed by atoms with Crippen molar-refractivity contribution in [2.75, 3.05) is 6.54 Å². The van der Waals surface area contributed by atoms with E-state index in [0.717, 1.165) is 19.3 Å². The molecule has 0 atom stereocenters. The maximum absolute atomic E-state index is 12.0. The van der Waals surface area contributed by atoms with Crippen LogP contribution in [0.25, 0.3) is 0 Å². The van der Waals surface area contributed by atoms with E-state index in [1.165, 1.54) is 17.3 Å². The lowest BCUT2D eigenvalue weighted by Gasteiger charge is -2.40. The van der Waals surface area contributed by atoms with E-state index < -0.39 is 0 Å². The summed E-state index contributed by atoms with van der Waals surface area (Å²) in [5.74, 6) is -0.515. The molecule has 1 aliphatic heterocycles. The average molecular weight is 231 g/mol. The van der Waals surface area contributed by atoms with Gasteiger partial charge in [-0.1, -0.05) is 0 Å². The normalized spacial score (nSPS) is 21.4. The number of amides is 2. The molecule has 5 nitrogen and oxygen atoms in total. The summed E-state index contributed by atoms with van der Waals surface area (Å²) in [5.41, 5.74) is 6.53. The van der Waals surface area contributed by atoms with E-state index in [-0.39, 0.29) is 17.4 Å². The first kappa shape index (κ1) is 10.4. The lowest BCUT2D eigenvalue weighted by atomic mass is 9.77. The number of nitrogens with two attached hydrogens (primary N) is 1. The smallest absolute Gasteiger partial charge is 0.263 e. The molecule has 2 aliphatic rings. The minimum Gasteiger partial charge on any atom is -0.324 e. The van der Waals surface area contributed by atoms with Crippen LogP contribution in [0, 0.1) is 0 Å². The molecule has 1 saturated carbocycles. The number of rotatable bonds is 2. The van der Waals surface area contributed by atoms with Crippen LogP contribution in [-0.4, -0.2) is 33.8 Å². The predicted molar refractivity (Wildman–Crippen MR) is 60.4 cm³/mol. The third-order valence-corrected chi connectivity index (χ3v) is 3.59. The number of hydrogen-bond donors (Lipinski definition) is 1. The Bertz CT molecular complexity index is 473. The molecule has 0 unspecified atom stereocenters. The fourth-order valence-electron chi connectivity index (χ4n) is 2.38. The number of hydrogen-bond acceptors (Lipinski definition) is 4. The summed E-state index contributed by atoms with van der Waals surface area (Å²) in [6.45, 7) is 0.319. The van der Waals surface area contributed by atoms with E-state index in [1.807, 2.05) is 0 Å². The molecular weight excluding hydrogens is 218 g/mol. The minimum absolute atomic E-state index is 0.246. The third kappa shape index (κ3) is 1.46. The molecule has 0 spiro atoms. The molecule has 5 heteroatoms. The Balaban J connectivity index is 1.90. The van der Waals surface area contributed by atoms with E-state index in [4.69, 9.17) is 5.73 Å². The SMILES string of the molecule is NC1(CN2C(=O)c3ccncc3C2=O)CCC1. The largest absolute Gasteiger partial charge is 0.324 e. The quantitative estimate of drug-likeness (QED) is 0.754. The van der Waals surface area contributed by atoms with E-state index in [2.05, 4.69) is 4.98 Å². The Morgan fingerprint density at radius 1 is 1.29 bits per heavy atom. The first-order valence-corrected chi connectivity index (χ1v) is 5.70. The maximum Gasteiger partial charge on any atom is 0.263 e. The Morgan fingerprint density at radius 2 is 2.00 bits per heavy atom. The first-order chi connectivity index (χ1) is 8.11. The van der Waals surface area contributed by atoms with Crippen LogP contribution >= 0.6 is 0 Å². The second-order valence-corrected chi connectivity index (χ2v) is 4.83. The van der Waals surface area contributed by atoms with Crippen LogP contribution in [0.4, 0.5) is 0 Å². The van der Waals surface area contributed by atoms with Crippen molar-refractivity contribution in [1.82, 2.24) is 9.88 Å². The highest BCUT2D eigenvalue weighted by atomic mass is 16.2. The molecule has 1 aliphatic carbocycles. The molecule has 88 valence electrons. The zero-order chi connectivity index (χ0) is 12.0. The van der Waals surface area contributed by atoms with Crippen LogP contribution in [-0.2, 0) is 0 Å². The second-order valence-electron chi connectivity index (χ2n) is 4.83. The van der Waals surface area contributed by atoms with Gasteiger partial charge in [0, 0.05) is 24.5 Å². The molecule has 3 rings (SSSR count). The molecule has 1 aromatic heterocycles. The van der Waals surface area contributed by atoms with E-state index in [1.54, 1.807) is 6.07 Å². The molecule has 0 aromatic carbocycles. The molecule has 0 radical (unpaired) electrons. The van der Waals surface area contributed by atoms with Gasteiger partial charge in [0.25, 0.3) is 11.8 Å². The second kappa shape index (κ2) is 3.37. The Kier molecular flexibility index (Phi) is 2.06. The minimum atomic E-state index is -0.374. The number of nitrogens with zero attached hydrogens (tertiary/aromatic N) is 2. The lowest BCUT2D eigenvalue weighted by Crippen LogP contribution is -2.56. The fourth-order valence-corrected chi connectivity index (χ4v) is 2.38. The number of fused-ring (bicyclic) bond motifs is 1. The number of aromatic nitrogens is 1. The fraction of sp³-hybridized carbons (Fsp3) is 0.417. The van der Waals surface area contributed by atoms with Gasteiger partial charge in [-0.25, -0.2) is 0 Å². The van der Waals surface area contributed by atoms with E-state index in [9.17, 15) is 9.59 Å². The first-order valence-electron chi connectivity index (χ1n) is 5.70. The van der Waals surface area contributed by atoms with Crippen LogP contribution in [0.5, 0.6) is 0 Å². The van der Waals surface area contributed by atoms with Crippen LogP contribution in [0.15, 0.2) is 18.5 Å². The topological polar surface area (TPSA) is 76.3 Å². The molecule has 1 aromatic rings. The van der Waals surface area contributed by atoms with Crippen LogP contribution in [0.3, 0.4) is 0 Å². The molecule has 2 amide bonds. The van der Waals surface area contributed by atoms with Crippen LogP contribution in [0.1, 0.15) is 40.0 Å². The summed E-state index contributed by atoms with van der Waals surface area (Å²) in [6, 6.07) is 1.58. The van der Waals surface area contributed by atoms with Crippen molar-refractivity contribution >= 4 is 11.8 Å². The summed E-state index contributed by atoms with van der Waals surface area (Å²) in [4.78, 5) is 29.2. The standard InChI is InChI=1S/C12H13N3O2/c13-12(3-1-4-12)7-15-10(16)8-2-5-14-6-9(8)11(15)17/h2,5-6H,1,3-4,7,13H2. The van der Waals surface area contributed by atoms with Gasteiger partial charge in [0.1, 0.15) is 0 Å². The molecule has 2 N–H and O–H groups in total. The number of imide groups is 1. The average Bonchev–Trinajstić information content (AvgIpc) is 2.53. The summed E-state index contributed by atoms with van der Waals surface area (Å²) < 4.78 is 0. The number of pyridine rings is 1. The van der Waals surface area contributed by atoms with Crippen molar-refractivity contribution in [3.63, 3.8) is 0 Å². The molecule has 0 saturated heterocycles. The van der Waals surface area contributed by atoms with Crippen molar-refractivity contribution in [2.45, 2.75) is 24.8 Å². The third-order valence-electron chi connectivity index (χ3n) is 3.59. The summed E-state index contributed by atoms with van der Waals surface area (Å²) in [7, 11) is 0. The Morgan fingerprint density at radius 3 is 2.59 bits per heavy atom. The monoisotopic (exact) mass is 231 g/mol. The Labute approximate surface area is 98.6 Å². The van der Waals surface area contributed by atoms with Gasteiger partial charge in [0.15, 0.2) is 0 Å². The summed E-state index contributed by atoms with van der Waals surface area (Å²) >= 11 is 0. The highest BCUT2D eigenvalue weighted by Gasteiger charge is 2.42. The highest BCUT2D eigenvalue weighted by Crippen LogP contribution is 2.32. The van der Waals surface area contributed by atoms with Crippen molar-refractivity contribution in [2.24, 2.45) is 5.73 Å². The molecule has 1 fully saturated rings. The van der Waals surface area contributed by atoms with Crippen molar-refractivity contribution in [1.29, 1.82) is 0 Å². The van der Waals surface area contributed by atoms with E-state index >= 15 is 0 Å². The Hall–Kier alpha value is -1.75.